The monoisotopic (exact) mass is 440 g/mol. The molecule has 2 aromatic carbocycles. The molecule has 0 bridgehead atoms. The minimum Gasteiger partial charge on any atom is -0.353 e. The quantitative estimate of drug-likeness (QED) is 0.387. The Morgan fingerprint density at radius 3 is 2.66 bits per heavy atom. The van der Waals surface area contributed by atoms with Crippen LogP contribution in [0.1, 0.15) is 27.2 Å². The van der Waals surface area contributed by atoms with Crippen molar-refractivity contribution in [3.8, 4) is 11.1 Å². The van der Waals surface area contributed by atoms with E-state index < -0.39 is 0 Å². The Bertz CT molecular complexity index is 1310. The highest BCUT2D eigenvalue weighted by Gasteiger charge is 2.23. The molecule has 5 nitrogen and oxygen atoms in total. The lowest BCUT2D eigenvalue weighted by molar-refractivity contribution is 0.102. The fourth-order valence-electron chi connectivity index (χ4n) is 4.16. The van der Waals surface area contributed by atoms with Crippen LogP contribution in [0.4, 0.5) is 11.5 Å². The van der Waals surface area contributed by atoms with Gasteiger partial charge in [-0.1, -0.05) is 54.1 Å². The third kappa shape index (κ3) is 3.83. The van der Waals surface area contributed by atoms with E-state index in [1.54, 1.807) is 18.5 Å². The Morgan fingerprint density at radius 1 is 1.03 bits per heavy atom. The molecule has 1 aliphatic rings. The number of anilines is 2. The molecule has 5 rings (SSSR count). The van der Waals surface area contributed by atoms with E-state index in [0.29, 0.717) is 28.6 Å². The molecule has 0 aliphatic heterocycles. The van der Waals surface area contributed by atoms with E-state index in [4.69, 9.17) is 11.6 Å². The van der Waals surface area contributed by atoms with Gasteiger partial charge in [-0.05, 0) is 52.9 Å². The number of hydrogen-bond acceptors (Lipinski definition) is 4. The van der Waals surface area contributed by atoms with E-state index in [9.17, 15) is 4.79 Å². The van der Waals surface area contributed by atoms with Crippen molar-refractivity contribution in [2.75, 3.05) is 17.3 Å². The predicted molar refractivity (Wildman–Crippen MR) is 128 cm³/mol. The van der Waals surface area contributed by atoms with Crippen molar-refractivity contribution in [1.82, 2.24) is 9.97 Å². The molecular weight excluding hydrogens is 420 g/mol. The van der Waals surface area contributed by atoms with Gasteiger partial charge in [-0.2, -0.15) is 0 Å². The van der Waals surface area contributed by atoms with Crippen molar-refractivity contribution >= 4 is 29.0 Å². The molecule has 1 aliphatic carbocycles. The Labute approximate surface area is 191 Å². The molecule has 1 N–H and O–H groups in total. The van der Waals surface area contributed by atoms with Gasteiger partial charge < -0.3 is 10.2 Å². The van der Waals surface area contributed by atoms with Gasteiger partial charge in [0.25, 0.3) is 5.91 Å². The first-order chi connectivity index (χ1) is 15.6. The summed E-state index contributed by atoms with van der Waals surface area (Å²) in [6.07, 6.45) is 4.15. The first kappa shape index (κ1) is 20.2. The summed E-state index contributed by atoms with van der Waals surface area (Å²) in [6, 6.07) is 21.7. The molecule has 0 unspecified atom stereocenters. The molecule has 2 heterocycles. The van der Waals surface area contributed by atoms with Crippen LogP contribution in [-0.2, 0) is 13.0 Å². The molecule has 0 spiro atoms. The van der Waals surface area contributed by atoms with E-state index in [2.05, 4.69) is 33.5 Å². The summed E-state index contributed by atoms with van der Waals surface area (Å²) in [4.78, 5) is 23.8. The summed E-state index contributed by atoms with van der Waals surface area (Å²) >= 11 is 6.50. The summed E-state index contributed by atoms with van der Waals surface area (Å²) in [5.74, 6) is 0.466. The highest BCUT2D eigenvalue weighted by Crippen LogP contribution is 2.38. The molecular formula is C26H21ClN4O. The summed E-state index contributed by atoms with van der Waals surface area (Å²) in [5.41, 5.74) is 6.77. The summed E-state index contributed by atoms with van der Waals surface area (Å²) in [6.45, 7) is 0.579. The van der Waals surface area contributed by atoms with Gasteiger partial charge in [0.05, 0.1) is 29.1 Å². The second-order valence-electron chi connectivity index (χ2n) is 7.83. The summed E-state index contributed by atoms with van der Waals surface area (Å²) in [7, 11) is 1.91. The number of amides is 1. The zero-order chi connectivity index (χ0) is 22.1. The second kappa shape index (κ2) is 8.44. The standard InChI is InChI=1S/C26H21ClN4O/c1-31(16-18-8-4-5-12-28-18)25-24(27)14-19(15-29-25)30-26(32)22-11-6-10-21-20-9-3-2-7-17(20)13-23(21)22/h2-12,14-15H,13,16H2,1H3,(H,30,32). The lowest BCUT2D eigenvalue weighted by atomic mass is 10.0. The number of benzene rings is 2. The van der Waals surface area contributed by atoms with Crippen molar-refractivity contribution < 1.29 is 4.79 Å². The lowest BCUT2D eigenvalue weighted by Gasteiger charge is -2.19. The number of hydrogen-bond donors (Lipinski definition) is 1. The molecule has 2 aromatic heterocycles. The van der Waals surface area contributed by atoms with E-state index in [1.165, 1.54) is 11.1 Å². The second-order valence-corrected chi connectivity index (χ2v) is 8.23. The van der Waals surface area contributed by atoms with Crippen molar-refractivity contribution in [3.63, 3.8) is 0 Å². The predicted octanol–water partition coefficient (Wildman–Crippen LogP) is 5.59. The summed E-state index contributed by atoms with van der Waals surface area (Å²) in [5, 5.41) is 3.42. The van der Waals surface area contributed by atoms with Gasteiger partial charge in [-0.25, -0.2) is 4.98 Å². The first-order valence-corrected chi connectivity index (χ1v) is 10.8. The van der Waals surface area contributed by atoms with E-state index in [-0.39, 0.29) is 5.91 Å². The van der Waals surface area contributed by atoms with Crippen molar-refractivity contribution in [2.45, 2.75) is 13.0 Å². The first-order valence-electron chi connectivity index (χ1n) is 10.4. The fraction of sp³-hybridized carbons (Fsp3) is 0.115. The van der Waals surface area contributed by atoms with Gasteiger partial charge in [-0.3, -0.25) is 9.78 Å². The topological polar surface area (TPSA) is 58.1 Å². The maximum Gasteiger partial charge on any atom is 0.256 e. The smallest absolute Gasteiger partial charge is 0.256 e. The maximum absolute atomic E-state index is 13.1. The molecule has 1 amide bonds. The highest BCUT2D eigenvalue weighted by molar-refractivity contribution is 6.33. The zero-order valence-electron chi connectivity index (χ0n) is 17.5. The van der Waals surface area contributed by atoms with Crippen LogP contribution in [0.2, 0.25) is 5.02 Å². The number of fused-ring (bicyclic) bond motifs is 3. The number of aromatic nitrogens is 2. The highest BCUT2D eigenvalue weighted by atomic mass is 35.5. The number of halogens is 1. The number of nitrogens with one attached hydrogen (secondary N) is 1. The average molecular weight is 441 g/mol. The number of nitrogens with zero attached hydrogens (tertiary/aromatic N) is 3. The number of rotatable bonds is 5. The Balaban J connectivity index is 1.34. The zero-order valence-corrected chi connectivity index (χ0v) is 18.3. The van der Waals surface area contributed by atoms with Crippen molar-refractivity contribution in [3.05, 3.63) is 107 Å². The van der Waals surface area contributed by atoms with Gasteiger partial charge in [0, 0.05) is 18.8 Å². The van der Waals surface area contributed by atoms with Crippen LogP contribution in [0.3, 0.4) is 0 Å². The number of carbonyl (C=O) groups excluding carboxylic acids is 1. The van der Waals surface area contributed by atoms with E-state index >= 15 is 0 Å². The third-order valence-corrected chi connectivity index (χ3v) is 5.94. The number of carbonyl (C=O) groups is 1. The molecule has 0 saturated heterocycles. The van der Waals surface area contributed by atoms with Crippen LogP contribution in [-0.4, -0.2) is 22.9 Å². The van der Waals surface area contributed by atoms with Crippen LogP contribution in [0.15, 0.2) is 79.1 Å². The third-order valence-electron chi connectivity index (χ3n) is 5.66. The lowest BCUT2D eigenvalue weighted by Crippen LogP contribution is -2.19. The van der Waals surface area contributed by atoms with Crippen molar-refractivity contribution in [1.29, 1.82) is 0 Å². The Kier molecular flexibility index (Phi) is 5.33. The molecule has 0 radical (unpaired) electrons. The Hall–Kier alpha value is -3.70. The van der Waals surface area contributed by atoms with Crippen LogP contribution in [0.5, 0.6) is 0 Å². The summed E-state index contributed by atoms with van der Waals surface area (Å²) < 4.78 is 0. The fourth-order valence-corrected chi connectivity index (χ4v) is 4.47. The minimum atomic E-state index is -0.165. The molecule has 6 heteroatoms. The SMILES string of the molecule is CN(Cc1ccccn1)c1ncc(NC(=O)c2cccc3c2Cc2ccccc2-3)cc1Cl. The van der Waals surface area contributed by atoms with Gasteiger partial charge in [-0.15, -0.1) is 0 Å². The molecule has 0 atom stereocenters. The van der Waals surface area contributed by atoms with Crippen molar-refractivity contribution in [2.24, 2.45) is 0 Å². The van der Waals surface area contributed by atoms with Gasteiger partial charge in [0.1, 0.15) is 5.82 Å². The van der Waals surface area contributed by atoms with Crippen LogP contribution in [0.25, 0.3) is 11.1 Å². The van der Waals surface area contributed by atoms with Gasteiger partial charge in [0.2, 0.25) is 0 Å². The minimum absolute atomic E-state index is 0.165. The van der Waals surface area contributed by atoms with Crippen LogP contribution < -0.4 is 10.2 Å². The molecule has 0 fully saturated rings. The Morgan fingerprint density at radius 2 is 1.84 bits per heavy atom. The molecule has 4 aromatic rings. The largest absolute Gasteiger partial charge is 0.353 e. The molecule has 158 valence electrons. The number of pyridine rings is 2. The molecule has 0 saturated carbocycles. The van der Waals surface area contributed by atoms with Crippen LogP contribution >= 0.6 is 11.6 Å². The van der Waals surface area contributed by atoms with Gasteiger partial charge >= 0.3 is 0 Å². The van der Waals surface area contributed by atoms with E-state index in [0.717, 1.165) is 23.2 Å². The molecule has 32 heavy (non-hydrogen) atoms. The maximum atomic E-state index is 13.1. The van der Waals surface area contributed by atoms with Gasteiger partial charge in [0.15, 0.2) is 0 Å². The normalized spacial score (nSPS) is 11.6. The van der Waals surface area contributed by atoms with E-state index in [1.807, 2.05) is 54.4 Å². The average Bonchev–Trinajstić information content (AvgIpc) is 3.18. The van der Waals surface area contributed by atoms with Crippen LogP contribution in [0, 0.1) is 0 Å².